The van der Waals surface area contributed by atoms with Crippen LogP contribution in [0.5, 0.6) is 5.75 Å². The van der Waals surface area contributed by atoms with Gasteiger partial charge in [-0.25, -0.2) is 0 Å². The number of benzene rings is 1. The van der Waals surface area contributed by atoms with Crippen LogP contribution in [-0.2, 0) is 10.9 Å². The van der Waals surface area contributed by atoms with Crippen LogP contribution in [0.1, 0.15) is 36.7 Å². The predicted octanol–water partition coefficient (Wildman–Crippen LogP) is 2.47. The van der Waals surface area contributed by atoms with Gasteiger partial charge in [-0.05, 0) is 12.1 Å². The number of rotatable bonds is 4. The van der Waals surface area contributed by atoms with Gasteiger partial charge in [0.25, 0.3) is 0 Å². The van der Waals surface area contributed by atoms with Gasteiger partial charge in [-0.3, -0.25) is 0 Å². The van der Waals surface area contributed by atoms with Crippen molar-refractivity contribution in [2.75, 3.05) is 7.11 Å². The van der Waals surface area contributed by atoms with Crippen LogP contribution in [0.25, 0.3) is 0 Å². The van der Waals surface area contributed by atoms with E-state index in [0.29, 0.717) is 6.07 Å². The first kappa shape index (κ1) is 17.3. The lowest BCUT2D eigenvalue weighted by Gasteiger charge is -2.30. The molecule has 0 aliphatic heterocycles. The van der Waals surface area contributed by atoms with Crippen molar-refractivity contribution in [2.24, 2.45) is 5.41 Å². The lowest BCUT2D eigenvalue weighted by molar-refractivity contribution is -0.255. The van der Waals surface area contributed by atoms with Crippen LogP contribution in [0.15, 0.2) is 18.2 Å². The molecule has 0 bridgehead atoms. The second-order valence-corrected chi connectivity index (χ2v) is 5.55. The quantitative estimate of drug-likeness (QED) is 0.802. The van der Waals surface area contributed by atoms with E-state index in [1.54, 1.807) is 20.8 Å². The zero-order valence-corrected chi connectivity index (χ0v) is 12.1. The molecule has 0 radical (unpaired) electrons. The topological polar surface area (TPSA) is 58.6 Å². The molecular weight excluding hydrogens is 289 g/mol. The molecule has 1 aromatic carbocycles. The van der Waals surface area contributed by atoms with Gasteiger partial charge >= 0.3 is 6.18 Å². The van der Waals surface area contributed by atoms with E-state index >= 15 is 0 Å². The van der Waals surface area contributed by atoms with Gasteiger partial charge in [0.1, 0.15) is 5.75 Å². The van der Waals surface area contributed by atoms with Gasteiger partial charge in [0.05, 0.1) is 11.5 Å². The standard InChI is InChI=1S/C14H17F3O4/c1-13(2,3)12(20-4)21-10-7-8(11(18)19)5-6-9(10)14(15,16)17/h5-7,12H,1-4H3,(H,18,19)/p-1. The molecule has 0 amide bonds. The third kappa shape index (κ3) is 4.35. The Hall–Kier alpha value is -1.76. The number of alkyl halides is 3. The Bertz CT molecular complexity index is 518. The van der Waals surface area contributed by atoms with E-state index in [2.05, 4.69) is 0 Å². The molecule has 21 heavy (non-hydrogen) atoms. The molecule has 0 aromatic heterocycles. The first-order valence-electron chi connectivity index (χ1n) is 6.09. The minimum Gasteiger partial charge on any atom is -0.545 e. The highest BCUT2D eigenvalue weighted by molar-refractivity contribution is 5.86. The van der Waals surface area contributed by atoms with Crippen molar-refractivity contribution in [3.63, 3.8) is 0 Å². The third-order valence-corrected chi connectivity index (χ3v) is 2.68. The summed E-state index contributed by atoms with van der Waals surface area (Å²) in [5.74, 6) is -2.19. The highest BCUT2D eigenvalue weighted by atomic mass is 19.4. The SMILES string of the molecule is COC(Oc1cc(C(=O)[O-])ccc1C(F)(F)F)C(C)(C)C. The predicted molar refractivity (Wildman–Crippen MR) is 66.7 cm³/mol. The van der Waals surface area contributed by atoms with Crippen LogP contribution in [0.2, 0.25) is 0 Å². The summed E-state index contributed by atoms with van der Waals surface area (Å²) in [6.07, 6.45) is -5.65. The second kappa shape index (κ2) is 5.93. The van der Waals surface area contributed by atoms with Gasteiger partial charge in [-0.1, -0.05) is 26.8 Å². The molecule has 0 fully saturated rings. The van der Waals surface area contributed by atoms with Crippen LogP contribution in [0.4, 0.5) is 13.2 Å². The summed E-state index contributed by atoms with van der Waals surface area (Å²) in [5, 5.41) is 10.8. The maximum absolute atomic E-state index is 12.9. The molecule has 1 unspecified atom stereocenters. The molecule has 0 aliphatic rings. The van der Waals surface area contributed by atoms with Crippen molar-refractivity contribution >= 4 is 5.97 Å². The minimum atomic E-state index is -4.67. The van der Waals surface area contributed by atoms with Crippen LogP contribution >= 0.6 is 0 Å². The first-order chi connectivity index (χ1) is 9.46. The van der Waals surface area contributed by atoms with Gasteiger partial charge in [0.15, 0.2) is 0 Å². The Morgan fingerprint density at radius 2 is 1.81 bits per heavy atom. The van der Waals surface area contributed by atoms with Gasteiger partial charge in [-0.15, -0.1) is 0 Å². The average molecular weight is 305 g/mol. The zero-order chi connectivity index (χ0) is 16.4. The normalized spacial score (nSPS) is 13.9. The number of aromatic carboxylic acids is 1. The number of carboxylic acid groups (broad SMARTS) is 1. The molecule has 7 heteroatoms. The number of methoxy groups -OCH3 is 1. The lowest BCUT2D eigenvalue weighted by atomic mass is 9.96. The molecule has 0 saturated carbocycles. The van der Waals surface area contributed by atoms with Gasteiger partial charge in [0, 0.05) is 18.1 Å². The smallest absolute Gasteiger partial charge is 0.419 e. The largest absolute Gasteiger partial charge is 0.545 e. The average Bonchev–Trinajstić information content (AvgIpc) is 2.32. The maximum atomic E-state index is 12.9. The highest BCUT2D eigenvalue weighted by Gasteiger charge is 2.36. The zero-order valence-electron chi connectivity index (χ0n) is 12.1. The summed E-state index contributed by atoms with van der Waals surface area (Å²) in [6.45, 7) is 5.16. The number of halogens is 3. The molecule has 1 aromatic rings. The summed E-state index contributed by atoms with van der Waals surface area (Å²) in [4.78, 5) is 10.8. The van der Waals surface area contributed by atoms with Crippen LogP contribution in [-0.4, -0.2) is 19.4 Å². The Morgan fingerprint density at radius 3 is 2.19 bits per heavy atom. The number of hydrogen-bond acceptors (Lipinski definition) is 4. The fourth-order valence-electron chi connectivity index (χ4n) is 1.67. The Labute approximate surface area is 120 Å². The summed E-state index contributed by atoms with van der Waals surface area (Å²) in [7, 11) is 1.30. The van der Waals surface area contributed by atoms with E-state index in [4.69, 9.17) is 9.47 Å². The van der Waals surface area contributed by atoms with Gasteiger partial charge in [0.2, 0.25) is 6.29 Å². The summed E-state index contributed by atoms with van der Waals surface area (Å²) >= 11 is 0. The molecule has 0 aliphatic carbocycles. The molecule has 1 rings (SSSR count). The van der Waals surface area contributed by atoms with Gasteiger partial charge in [-0.2, -0.15) is 13.2 Å². The number of carboxylic acids is 1. The maximum Gasteiger partial charge on any atom is 0.419 e. The highest BCUT2D eigenvalue weighted by Crippen LogP contribution is 2.38. The molecule has 0 N–H and O–H groups in total. The van der Waals surface area contributed by atoms with Crippen molar-refractivity contribution in [3.05, 3.63) is 29.3 Å². The Morgan fingerprint density at radius 1 is 1.24 bits per heavy atom. The third-order valence-electron chi connectivity index (χ3n) is 2.68. The molecular formula is C14H16F3O4-. The van der Waals surface area contributed by atoms with E-state index in [9.17, 15) is 23.1 Å². The molecule has 118 valence electrons. The van der Waals surface area contributed by atoms with E-state index in [0.717, 1.165) is 12.1 Å². The van der Waals surface area contributed by atoms with Crippen molar-refractivity contribution in [1.29, 1.82) is 0 Å². The summed E-state index contributed by atoms with van der Waals surface area (Å²) in [6, 6.07) is 2.26. The number of hydrogen-bond donors (Lipinski definition) is 0. The number of ether oxygens (including phenoxy) is 2. The summed E-state index contributed by atoms with van der Waals surface area (Å²) < 4.78 is 49.1. The van der Waals surface area contributed by atoms with E-state index in [1.165, 1.54) is 7.11 Å². The van der Waals surface area contributed by atoms with Crippen molar-refractivity contribution in [1.82, 2.24) is 0 Å². The molecule has 0 saturated heterocycles. The number of carbonyl (C=O) groups is 1. The minimum absolute atomic E-state index is 0.401. The monoisotopic (exact) mass is 305 g/mol. The van der Waals surface area contributed by atoms with Crippen molar-refractivity contribution in [2.45, 2.75) is 33.2 Å². The molecule has 0 heterocycles. The number of carbonyl (C=O) groups excluding carboxylic acids is 1. The van der Waals surface area contributed by atoms with Crippen LogP contribution < -0.4 is 9.84 Å². The molecule has 0 spiro atoms. The second-order valence-electron chi connectivity index (χ2n) is 5.55. The molecule has 4 nitrogen and oxygen atoms in total. The van der Waals surface area contributed by atoms with Gasteiger partial charge < -0.3 is 19.4 Å². The summed E-state index contributed by atoms with van der Waals surface area (Å²) in [5.41, 5.74) is -2.07. The fraction of sp³-hybridized carbons (Fsp3) is 0.500. The fourth-order valence-corrected chi connectivity index (χ4v) is 1.67. The Balaban J connectivity index is 3.30. The van der Waals surface area contributed by atoms with E-state index in [-0.39, 0.29) is 0 Å². The Kier molecular flexibility index (Phi) is 4.88. The molecule has 1 atom stereocenters. The van der Waals surface area contributed by atoms with E-state index < -0.39 is 40.7 Å². The lowest BCUT2D eigenvalue weighted by Crippen LogP contribution is -2.34. The van der Waals surface area contributed by atoms with Crippen molar-refractivity contribution < 1.29 is 32.5 Å². The van der Waals surface area contributed by atoms with E-state index in [1.807, 2.05) is 0 Å². The van der Waals surface area contributed by atoms with Crippen molar-refractivity contribution in [3.8, 4) is 5.75 Å². The first-order valence-corrected chi connectivity index (χ1v) is 6.09. The van der Waals surface area contributed by atoms with Crippen LogP contribution in [0.3, 0.4) is 0 Å². The van der Waals surface area contributed by atoms with Crippen LogP contribution in [0, 0.1) is 5.41 Å².